The summed E-state index contributed by atoms with van der Waals surface area (Å²) in [6.07, 6.45) is 3.09. The van der Waals surface area contributed by atoms with E-state index in [2.05, 4.69) is 11.8 Å². The highest BCUT2D eigenvalue weighted by atomic mass is 16.5. The minimum absolute atomic E-state index is 0.124. The molecule has 1 aromatic rings. The second-order valence-corrected chi connectivity index (χ2v) is 5.53. The number of pyridine rings is 1. The van der Waals surface area contributed by atoms with Gasteiger partial charge in [0.15, 0.2) is 5.75 Å². The lowest BCUT2D eigenvalue weighted by Crippen LogP contribution is -2.25. The fraction of sp³-hybridized carbons (Fsp3) is 0.688. The maximum absolute atomic E-state index is 11.8. The van der Waals surface area contributed by atoms with Crippen LogP contribution in [0.3, 0.4) is 0 Å². The van der Waals surface area contributed by atoms with Crippen molar-refractivity contribution < 1.29 is 9.84 Å². The molecule has 0 unspecified atom stereocenters. The molecule has 0 aliphatic carbocycles. The third-order valence-electron chi connectivity index (χ3n) is 3.64. The summed E-state index contributed by atoms with van der Waals surface area (Å²) in [5, 5.41) is 10.1. The first-order chi connectivity index (χ1) is 10.0. The van der Waals surface area contributed by atoms with E-state index in [1.54, 1.807) is 7.11 Å². The minimum atomic E-state index is -0.297. The van der Waals surface area contributed by atoms with E-state index in [1.807, 2.05) is 18.5 Å². The molecule has 0 saturated heterocycles. The van der Waals surface area contributed by atoms with Gasteiger partial charge in [0.1, 0.15) is 0 Å². The predicted octanol–water partition coefficient (Wildman–Crippen LogP) is 2.13. The summed E-state index contributed by atoms with van der Waals surface area (Å²) in [5.74, 6) is -0.124. The molecular weight excluding hydrogens is 268 g/mol. The first kappa shape index (κ1) is 17.7. The van der Waals surface area contributed by atoms with Crippen LogP contribution in [-0.2, 0) is 17.8 Å². The van der Waals surface area contributed by atoms with E-state index in [0.29, 0.717) is 18.8 Å². The highest BCUT2D eigenvalue weighted by Gasteiger charge is 2.14. The van der Waals surface area contributed by atoms with Crippen molar-refractivity contribution in [3.05, 3.63) is 27.7 Å². The Balaban J connectivity index is 2.99. The summed E-state index contributed by atoms with van der Waals surface area (Å²) < 4.78 is 7.11. The van der Waals surface area contributed by atoms with E-state index < -0.39 is 0 Å². The number of aromatic hydroxyl groups is 1. The quantitative estimate of drug-likeness (QED) is 0.709. The number of unbranched alkanes of at least 4 members (excludes halogenated alkanes) is 1. The standard InChI is InChI=1S/C16H28N2O3/c1-5-6-8-17(3)12-14-16(20)15(19)11-13(2)18(14)9-7-10-21-4/h11,20H,5-10,12H2,1-4H3. The van der Waals surface area contributed by atoms with Gasteiger partial charge in [-0.15, -0.1) is 0 Å². The number of hydrogen-bond donors (Lipinski definition) is 1. The maximum atomic E-state index is 11.8. The number of aryl methyl sites for hydroxylation is 1. The van der Waals surface area contributed by atoms with Gasteiger partial charge in [-0.05, 0) is 33.4 Å². The van der Waals surface area contributed by atoms with Crippen LogP contribution in [0.5, 0.6) is 5.75 Å². The second-order valence-electron chi connectivity index (χ2n) is 5.53. The molecule has 1 heterocycles. The first-order valence-corrected chi connectivity index (χ1v) is 7.61. The molecule has 5 heteroatoms. The molecule has 0 aliphatic heterocycles. The van der Waals surface area contributed by atoms with Crippen LogP contribution in [-0.4, -0.2) is 41.9 Å². The first-order valence-electron chi connectivity index (χ1n) is 7.61. The Hall–Kier alpha value is -1.33. The molecule has 1 aromatic heterocycles. The molecule has 1 N–H and O–H groups in total. The Morgan fingerprint density at radius 1 is 1.38 bits per heavy atom. The topological polar surface area (TPSA) is 54.7 Å². The molecule has 0 aliphatic rings. The summed E-state index contributed by atoms with van der Waals surface area (Å²) in [7, 11) is 3.69. The Kier molecular flexibility index (Phi) is 7.47. The van der Waals surface area contributed by atoms with E-state index in [0.717, 1.165) is 38.0 Å². The van der Waals surface area contributed by atoms with Crippen LogP contribution < -0.4 is 5.43 Å². The number of methoxy groups -OCH3 is 1. The Morgan fingerprint density at radius 2 is 2.10 bits per heavy atom. The van der Waals surface area contributed by atoms with Crippen LogP contribution in [0.25, 0.3) is 0 Å². The smallest absolute Gasteiger partial charge is 0.223 e. The highest BCUT2D eigenvalue weighted by molar-refractivity contribution is 5.29. The second kappa shape index (κ2) is 8.85. The number of ether oxygens (including phenoxy) is 1. The zero-order valence-corrected chi connectivity index (χ0v) is 13.7. The molecule has 0 aromatic carbocycles. The van der Waals surface area contributed by atoms with Gasteiger partial charge in [0.05, 0.1) is 5.69 Å². The molecule has 0 spiro atoms. The van der Waals surface area contributed by atoms with Gasteiger partial charge in [0.25, 0.3) is 0 Å². The lowest BCUT2D eigenvalue weighted by molar-refractivity contribution is 0.189. The third-order valence-corrected chi connectivity index (χ3v) is 3.64. The maximum Gasteiger partial charge on any atom is 0.223 e. The Labute approximate surface area is 127 Å². The molecule has 0 saturated carbocycles. The van der Waals surface area contributed by atoms with E-state index in [9.17, 15) is 9.90 Å². The van der Waals surface area contributed by atoms with Crippen LogP contribution >= 0.6 is 0 Å². The number of hydrogen-bond acceptors (Lipinski definition) is 4. The van der Waals surface area contributed by atoms with Crippen molar-refractivity contribution in [3.63, 3.8) is 0 Å². The zero-order valence-electron chi connectivity index (χ0n) is 13.7. The summed E-state index contributed by atoms with van der Waals surface area (Å²) in [6, 6.07) is 1.50. The fourth-order valence-electron chi connectivity index (χ4n) is 2.42. The summed E-state index contributed by atoms with van der Waals surface area (Å²) in [4.78, 5) is 14.0. The zero-order chi connectivity index (χ0) is 15.8. The van der Waals surface area contributed by atoms with Gasteiger partial charge in [-0.2, -0.15) is 0 Å². The molecule has 0 bridgehead atoms. The summed E-state index contributed by atoms with van der Waals surface area (Å²) >= 11 is 0. The molecular formula is C16H28N2O3. The number of nitrogens with zero attached hydrogens (tertiary/aromatic N) is 2. The Bertz CT molecular complexity index is 497. The van der Waals surface area contributed by atoms with E-state index in [1.165, 1.54) is 6.07 Å². The van der Waals surface area contributed by atoms with Gasteiger partial charge >= 0.3 is 0 Å². The van der Waals surface area contributed by atoms with Crippen molar-refractivity contribution in [2.75, 3.05) is 27.3 Å². The average molecular weight is 296 g/mol. The summed E-state index contributed by atoms with van der Waals surface area (Å²) in [6.45, 7) is 7.00. The molecule has 21 heavy (non-hydrogen) atoms. The van der Waals surface area contributed by atoms with Gasteiger partial charge < -0.3 is 19.3 Å². The normalized spacial score (nSPS) is 11.3. The molecule has 0 amide bonds. The van der Waals surface area contributed by atoms with Gasteiger partial charge in [-0.25, -0.2) is 0 Å². The number of aromatic nitrogens is 1. The monoisotopic (exact) mass is 296 g/mol. The van der Waals surface area contributed by atoms with Crippen molar-refractivity contribution in [2.24, 2.45) is 0 Å². The minimum Gasteiger partial charge on any atom is -0.503 e. The lowest BCUT2D eigenvalue weighted by atomic mass is 10.2. The molecule has 0 fully saturated rings. The van der Waals surface area contributed by atoms with E-state index in [-0.39, 0.29) is 11.2 Å². The van der Waals surface area contributed by atoms with Gasteiger partial charge in [0, 0.05) is 38.6 Å². The Morgan fingerprint density at radius 3 is 2.71 bits per heavy atom. The average Bonchev–Trinajstić information content (AvgIpc) is 2.45. The van der Waals surface area contributed by atoms with Crippen LogP contribution in [0.1, 0.15) is 37.6 Å². The SMILES string of the molecule is CCCCN(C)Cc1c(O)c(=O)cc(C)n1CCCOC. The van der Waals surface area contributed by atoms with Crippen molar-refractivity contribution in [1.29, 1.82) is 0 Å². The fourth-order valence-corrected chi connectivity index (χ4v) is 2.42. The van der Waals surface area contributed by atoms with Crippen molar-refractivity contribution in [1.82, 2.24) is 9.47 Å². The third kappa shape index (κ3) is 5.17. The van der Waals surface area contributed by atoms with Crippen LogP contribution in [0, 0.1) is 6.92 Å². The van der Waals surface area contributed by atoms with Crippen LogP contribution in [0.15, 0.2) is 10.9 Å². The molecule has 120 valence electrons. The van der Waals surface area contributed by atoms with Crippen molar-refractivity contribution in [2.45, 2.75) is 46.2 Å². The van der Waals surface area contributed by atoms with E-state index >= 15 is 0 Å². The van der Waals surface area contributed by atoms with Gasteiger partial charge in [-0.3, -0.25) is 4.79 Å². The lowest BCUT2D eigenvalue weighted by Gasteiger charge is -2.22. The van der Waals surface area contributed by atoms with Crippen molar-refractivity contribution in [3.8, 4) is 5.75 Å². The number of rotatable bonds is 9. The van der Waals surface area contributed by atoms with Crippen molar-refractivity contribution >= 4 is 0 Å². The highest BCUT2D eigenvalue weighted by Crippen LogP contribution is 2.17. The largest absolute Gasteiger partial charge is 0.503 e. The molecule has 0 atom stereocenters. The van der Waals surface area contributed by atoms with Gasteiger partial charge in [0.2, 0.25) is 5.43 Å². The van der Waals surface area contributed by atoms with Crippen LogP contribution in [0.2, 0.25) is 0 Å². The summed E-state index contributed by atoms with van der Waals surface area (Å²) in [5.41, 5.74) is 1.29. The molecule has 0 radical (unpaired) electrons. The van der Waals surface area contributed by atoms with E-state index in [4.69, 9.17) is 4.74 Å². The predicted molar refractivity (Wildman–Crippen MR) is 84.8 cm³/mol. The van der Waals surface area contributed by atoms with Gasteiger partial charge in [-0.1, -0.05) is 13.3 Å². The molecule has 5 nitrogen and oxygen atoms in total. The molecule has 1 rings (SSSR count). The van der Waals surface area contributed by atoms with Crippen LogP contribution in [0.4, 0.5) is 0 Å².